The molecule has 160 valence electrons. The number of rotatable bonds is 3. The molecule has 6 nitrogen and oxygen atoms in total. The van der Waals surface area contributed by atoms with Crippen LogP contribution in [-0.4, -0.2) is 28.5 Å². The topological polar surface area (TPSA) is 83.2 Å². The second-order valence-electron chi connectivity index (χ2n) is 9.10. The van der Waals surface area contributed by atoms with Gasteiger partial charge in [-0.1, -0.05) is 24.3 Å². The molecule has 7 heteroatoms. The lowest BCUT2D eigenvalue weighted by molar-refractivity contribution is -0.157. The number of anilines is 1. The molecule has 3 N–H and O–H groups in total. The van der Waals surface area contributed by atoms with Crippen LogP contribution < -0.4 is 10.6 Å². The SMILES string of the molecule is CC(C)(C)OC(=O)[C@H]1N[C@H](c2cccs2)[C@]2(C(=O)Nc3ccccc32)[C@@H]1c1ccc[nH]1. The van der Waals surface area contributed by atoms with E-state index in [1.54, 1.807) is 11.3 Å². The highest BCUT2D eigenvalue weighted by Gasteiger charge is 2.66. The summed E-state index contributed by atoms with van der Waals surface area (Å²) >= 11 is 1.58. The number of amides is 1. The van der Waals surface area contributed by atoms with Crippen molar-refractivity contribution in [2.45, 2.75) is 49.8 Å². The van der Waals surface area contributed by atoms with Crippen molar-refractivity contribution in [2.24, 2.45) is 0 Å². The van der Waals surface area contributed by atoms with Crippen LogP contribution in [0.25, 0.3) is 0 Å². The monoisotopic (exact) mass is 435 g/mol. The number of aromatic nitrogens is 1. The van der Waals surface area contributed by atoms with Crippen molar-refractivity contribution < 1.29 is 14.3 Å². The van der Waals surface area contributed by atoms with Gasteiger partial charge in [-0.2, -0.15) is 0 Å². The first kappa shape index (κ1) is 20.0. The van der Waals surface area contributed by atoms with Crippen LogP contribution in [0.4, 0.5) is 5.69 Å². The average molecular weight is 436 g/mol. The summed E-state index contributed by atoms with van der Waals surface area (Å²) in [6.07, 6.45) is 1.83. The zero-order valence-corrected chi connectivity index (χ0v) is 18.5. The number of thiophene rings is 1. The minimum Gasteiger partial charge on any atom is -0.459 e. The normalized spacial score (nSPS) is 27.3. The highest BCUT2D eigenvalue weighted by atomic mass is 32.1. The summed E-state index contributed by atoms with van der Waals surface area (Å²) in [5.41, 5.74) is 0.889. The summed E-state index contributed by atoms with van der Waals surface area (Å²) < 4.78 is 5.80. The number of ether oxygens (including phenoxy) is 1. The molecule has 1 amide bonds. The van der Waals surface area contributed by atoms with Crippen LogP contribution in [0.2, 0.25) is 0 Å². The van der Waals surface area contributed by atoms with E-state index in [0.29, 0.717) is 0 Å². The minimum atomic E-state index is -0.992. The molecule has 0 bridgehead atoms. The van der Waals surface area contributed by atoms with Crippen LogP contribution in [0, 0.1) is 0 Å². The van der Waals surface area contributed by atoms with Crippen molar-refractivity contribution in [1.82, 2.24) is 10.3 Å². The van der Waals surface area contributed by atoms with E-state index in [0.717, 1.165) is 21.8 Å². The molecule has 31 heavy (non-hydrogen) atoms. The number of carbonyl (C=O) groups is 2. The van der Waals surface area contributed by atoms with Crippen molar-refractivity contribution in [3.63, 3.8) is 0 Å². The molecule has 2 aliphatic heterocycles. The van der Waals surface area contributed by atoms with Crippen molar-refractivity contribution in [1.29, 1.82) is 0 Å². The van der Waals surface area contributed by atoms with Gasteiger partial charge in [0.15, 0.2) is 0 Å². The second-order valence-corrected chi connectivity index (χ2v) is 10.1. The maximum Gasteiger partial charge on any atom is 0.324 e. The molecular formula is C24H25N3O3S. The Hall–Kier alpha value is -2.90. The van der Waals surface area contributed by atoms with Gasteiger partial charge in [-0.3, -0.25) is 14.9 Å². The van der Waals surface area contributed by atoms with Gasteiger partial charge in [0.25, 0.3) is 0 Å². The molecule has 0 saturated carbocycles. The van der Waals surface area contributed by atoms with E-state index in [9.17, 15) is 9.59 Å². The molecule has 0 unspecified atom stereocenters. The van der Waals surface area contributed by atoms with Crippen molar-refractivity contribution >= 4 is 28.9 Å². The number of para-hydroxylation sites is 1. The van der Waals surface area contributed by atoms with E-state index in [1.165, 1.54) is 0 Å². The van der Waals surface area contributed by atoms with Gasteiger partial charge in [-0.05, 0) is 56.0 Å². The van der Waals surface area contributed by atoms with Crippen molar-refractivity contribution in [3.05, 3.63) is 76.2 Å². The third kappa shape index (κ3) is 3.03. The Morgan fingerprint density at radius 2 is 1.90 bits per heavy atom. The maximum atomic E-state index is 13.8. The van der Waals surface area contributed by atoms with Crippen LogP contribution >= 0.6 is 11.3 Å². The van der Waals surface area contributed by atoms with Crippen LogP contribution in [0.3, 0.4) is 0 Å². The minimum absolute atomic E-state index is 0.106. The number of esters is 1. The smallest absolute Gasteiger partial charge is 0.324 e. The fourth-order valence-electron chi connectivity index (χ4n) is 5.04. The highest BCUT2D eigenvalue weighted by molar-refractivity contribution is 7.10. The summed E-state index contributed by atoms with van der Waals surface area (Å²) in [6, 6.07) is 14.5. The predicted molar refractivity (Wildman–Crippen MR) is 120 cm³/mol. The third-order valence-corrected chi connectivity index (χ3v) is 7.00. The number of fused-ring (bicyclic) bond motifs is 2. The van der Waals surface area contributed by atoms with E-state index in [2.05, 4.69) is 15.6 Å². The van der Waals surface area contributed by atoms with E-state index >= 15 is 0 Å². The highest BCUT2D eigenvalue weighted by Crippen LogP contribution is 2.59. The van der Waals surface area contributed by atoms with Gasteiger partial charge < -0.3 is 15.0 Å². The molecule has 0 aliphatic carbocycles. The number of carbonyl (C=O) groups excluding carboxylic acids is 2. The molecule has 1 aromatic carbocycles. The largest absolute Gasteiger partial charge is 0.459 e. The Bertz CT molecular complexity index is 1120. The van der Waals surface area contributed by atoms with E-state index in [-0.39, 0.29) is 17.9 Å². The Balaban J connectivity index is 1.75. The molecule has 2 aliphatic rings. The van der Waals surface area contributed by atoms with E-state index in [1.807, 2.05) is 80.9 Å². The van der Waals surface area contributed by atoms with Crippen LogP contribution in [0.5, 0.6) is 0 Å². The molecule has 1 fully saturated rings. The van der Waals surface area contributed by atoms with Gasteiger partial charge in [0.2, 0.25) is 5.91 Å². The van der Waals surface area contributed by atoms with Gasteiger partial charge in [-0.25, -0.2) is 0 Å². The lowest BCUT2D eigenvalue weighted by atomic mass is 9.65. The summed E-state index contributed by atoms with van der Waals surface area (Å²) in [5.74, 6) is -0.930. The summed E-state index contributed by atoms with van der Waals surface area (Å²) in [5, 5.41) is 8.59. The summed E-state index contributed by atoms with van der Waals surface area (Å²) in [4.78, 5) is 31.5. The number of hydrogen-bond acceptors (Lipinski definition) is 5. The zero-order valence-electron chi connectivity index (χ0n) is 17.6. The Morgan fingerprint density at radius 3 is 2.58 bits per heavy atom. The zero-order chi connectivity index (χ0) is 21.8. The first-order chi connectivity index (χ1) is 14.8. The lowest BCUT2D eigenvalue weighted by Gasteiger charge is -2.34. The van der Waals surface area contributed by atoms with Crippen LogP contribution in [0.1, 0.15) is 48.9 Å². The van der Waals surface area contributed by atoms with Gasteiger partial charge in [0.05, 0.1) is 6.04 Å². The number of nitrogens with one attached hydrogen (secondary N) is 3. The molecule has 4 heterocycles. The molecule has 5 rings (SSSR count). The first-order valence-electron chi connectivity index (χ1n) is 10.4. The Morgan fingerprint density at radius 1 is 1.10 bits per heavy atom. The van der Waals surface area contributed by atoms with Crippen LogP contribution in [-0.2, 0) is 19.7 Å². The van der Waals surface area contributed by atoms with Gasteiger partial charge in [-0.15, -0.1) is 11.3 Å². The molecular weight excluding hydrogens is 410 g/mol. The van der Waals surface area contributed by atoms with Crippen LogP contribution in [0.15, 0.2) is 60.1 Å². The summed E-state index contributed by atoms with van der Waals surface area (Å²) in [6.45, 7) is 5.56. The number of H-pyrrole nitrogens is 1. The molecule has 3 aromatic rings. The standard InChI is InChI=1S/C24H25N3O3S/c1-23(2,3)30-21(28)19-18(16-10-6-12-25-16)24(20(27-19)17-11-7-13-31-17)14-8-4-5-9-15(14)26-22(24)29/h4-13,18-20,25,27H,1-3H3,(H,26,29)/t18-,19+,20-,24-/m1/s1. The molecule has 0 radical (unpaired) electrons. The quantitative estimate of drug-likeness (QED) is 0.541. The van der Waals surface area contributed by atoms with E-state index in [4.69, 9.17) is 4.74 Å². The average Bonchev–Trinajstić information content (AvgIpc) is 3.48. The Kier molecular flexibility index (Phi) is 4.57. The fraction of sp³-hybridized carbons (Fsp3) is 0.333. The molecule has 2 aromatic heterocycles. The molecule has 1 spiro atoms. The molecule has 1 saturated heterocycles. The number of aromatic amines is 1. The fourth-order valence-corrected chi connectivity index (χ4v) is 5.90. The third-order valence-electron chi connectivity index (χ3n) is 6.07. The second kappa shape index (κ2) is 7.07. The number of benzene rings is 1. The van der Waals surface area contributed by atoms with Gasteiger partial charge in [0, 0.05) is 28.4 Å². The Labute approximate surface area is 185 Å². The predicted octanol–water partition coefficient (Wildman–Crippen LogP) is 4.10. The van der Waals surface area contributed by atoms with Gasteiger partial charge in [0.1, 0.15) is 17.1 Å². The van der Waals surface area contributed by atoms with Gasteiger partial charge >= 0.3 is 5.97 Å². The lowest BCUT2D eigenvalue weighted by Crippen LogP contribution is -2.44. The van der Waals surface area contributed by atoms with E-state index < -0.39 is 23.0 Å². The molecule has 4 atom stereocenters. The first-order valence-corrected chi connectivity index (χ1v) is 11.3. The summed E-state index contributed by atoms with van der Waals surface area (Å²) in [7, 11) is 0. The number of hydrogen-bond donors (Lipinski definition) is 3. The van der Waals surface area contributed by atoms with Crippen molar-refractivity contribution in [2.75, 3.05) is 5.32 Å². The maximum absolute atomic E-state index is 13.8. The van der Waals surface area contributed by atoms with Crippen molar-refractivity contribution in [3.8, 4) is 0 Å².